The molecule has 1 aromatic rings. The molecule has 3 aliphatic rings. The summed E-state index contributed by atoms with van der Waals surface area (Å²) in [5, 5.41) is 12.7. The van der Waals surface area contributed by atoms with E-state index in [-0.39, 0.29) is 37.3 Å². The van der Waals surface area contributed by atoms with Gasteiger partial charge in [0.1, 0.15) is 35.7 Å². The Kier molecular flexibility index (Phi) is 13.8. The molecule has 0 aliphatic carbocycles. The second kappa shape index (κ2) is 17.1. The van der Waals surface area contributed by atoms with E-state index in [1.54, 1.807) is 60.8 Å². The molecule has 0 saturated carbocycles. The van der Waals surface area contributed by atoms with Crippen LogP contribution in [-0.4, -0.2) is 121 Å². The molecule has 1 amide bonds. The lowest BCUT2D eigenvalue weighted by atomic mass is 9.73. The number of likely N-dealkylation sites (N-methyl/N-ethyl adjacent to an activating group) is 1. The molecule has 14 heteroatoms. The highest BCUT2D eigenvalue weighted by Gasteiger charge is 2.61. The van der Waals surface area contributed by atoms with Crippen molar-refractivity contribution in [3.63, 3.8) is 0 Å². The fraction of sp³-hybridized carbons (Fsp3) is 0.744. The van der Waals surface area contributed by atoms with E-state index in [1.165, 1.54) is 19.0 Å². The maximum absolute atomic E-state index is 14.6. The van der Waals surface area contributed by atoms with Crippen LogP contribution in [0, 0.1) is 23.7 Å². The number of carbonyl (C=O) groups excluding carboxylic acids is 4. The first-order valence-electron chi connectivity index (χ1n) is 18.7. The van der Waals surface area contributed by atoms with Crippen molar-refractivity contribution in [1.29, 1.82) is 0 Å². The molecule has 4 rings (SSSR count). The van der Waals surface area contributed by atoms with E-state index < -0.39 is 83.4 Å². The van der Waals surface area contributed by atoms with E-state index in [1.807, 2.05) is 38.1 Å². The van der Waals surface area contributed by atoms with Crippen molar-refractivity contribution < 1.29 is 52.7 Å². The summed E-state index contributed by atoms with van der Waals surface area (Å²) in [6.07, 6.45) is -4.30. The number of ketones is 2. The molecule has 53 heavy (non-hydrogen) atoms. The monoisotopic (exact) mass is 747 g/mol. The Bertz CT molecular complexity index is 1460. The summed E-state index contributed by atoms with van der Waals surface area (Å²) in [5.41, 5.74) is 1.27. The van der Waals surface area contributed by atoms with Crippen molar-refractivity contribution in [2.45, 2.75) is 135 Å². The number of methoxy groups -OCH3 is 2. The predicted molar refractivity (Wildman–Crippen MR) is 195 cm³/mol. The van der Waals surface area contributed by atoms with Crippen molar-refractivity contribution in [3.8, 4) is 5.75 Å². The molecule has 14 nitrogen and oxygen atoms in total. The highest BCUT2D eigenvalue weighted by molar-refractivity contribution is 6.00. The van der Waals surface area contributed by atoms with Crippen LogP contribution in [-0.2, 0) is 44.6 Å². The lowest BCUT2D eigenvalue weighted by Crippen LogP contribution is -2.61. The average molecular weight is 748 g/mol. The minimum atomic E-state index is -1.47. The quantitative estimate of drug-likeness (QED) is 0.277. The fourth-order valence-electron chi connectivity index (χ4n) is 8.45. The SMILES string of the molecule is CC[C@H]1OC(=O)[C@H](C)C(=O)[C@H](C)[C@@H](O[C@H]2O[C@@H](C)C[C@@H](N(C)C)[C@@H]2O)[C@](C)(OC)C[C@@H](C)C(=O)[C@H](C)C2N(NCc3ccc(OC)cc3)C(=O)O[C@@]21C. The second-order valence-electron chi connectivity index (χ2n) is 15.7. The molecule has 3 fully saturated rings. The third kappa shape index (κ3) is 8.73. The molecule has 3 aliphatic heterocycles. The molecule has 13 atom stereocenters. The van der Waals surface area contributed by atoms with Gasteiger partial charge >= 0.3 is 12.1 Å². The van der Waals surface area contributed by atoms with E-state index >= 15 is 0 Å². The highest BCUT2D eigenvalue weighted by atomic mass is 16.7. The molecular weight excluding hydrogens is 686 g/mol. The van der Waals surface area contributed by atoms with Gasteiger partial charge < -0.3 is 38.4 Å². The molecule has 0 radical (unpaired) electrons. The standard InChI is InChI=1S/C39H61N3O11/c1-13-29-39(8)33(42(37(47)53-39)40-20-26-14-16-27(48-11)17-15-26)23(4)30(43)21(2)19-38(7,49-12)34(24(5)31(44)25(6)35(46)51-29)52-36-32(45)28(41(9)10)18-22(3)50-36/h14-17,21-25,28-29,32-34,36,40,45H,13,18-20H2,1-12H3/t21-,22+,23+,24+,25-,28-,29-,32+,33?,34-,36-,38-,39-/m1/s1. The van der Waals surface area contributed by atoms with E-state index in [2.05, 4.69) is 5.43 Å². The predicted octanol–water partition coefficient (Wildman–Crippen LogP) is 3.90. The maximum Gasteiger partial charge on any atom is 0.425 e. The number of amides is 1. The molecule has 1 aromatic carbocycles. The number of aliphatic hydroxyl groups is 1. The minimum absolute atomic E-state index is 0.109. The van der Waals surface area contributed by atoms with Crippen molar-refractivity contribution in [2.75, 3.05) is 28.3 Å². The van der Waals surface area contributed by atoms with Crippen molar-refractivity contribution in [2.24, 2.45) is 23.7 Å². The van der Waals surface area contributed by atoms with E-state index in [0.29, 0.717) is 12.2 Å². The van der Waals surface area contributed by atoms with Gasteiger partial charge in [0.15, 0.2) is 17.7 Å². The number of fused-ring (bicyclic) bond motifs is 1. The first-order valence-corrected chi connectivity index (χ1v) is 18.7. The average Bonchev–Trinajstić information content (AvgIpc) is 3.39. The largest absolute Gasteiger partial charge is 0.497 e. The first kappa shape index (κ1) is 42.6. The third-order valence-electron chi connectivity index (χ3n) is 11.7. The van der Waals surface area contributed by atoms with Gasteiger partial charge in [0.05, 0.1) is 24.9 Å². The van der Waals surface area contributed by atoms with Gasteiger partial charge in [-0.3, -0.25) is 14.4 Å². The molecule has 2 N–H and O–H groups in total. The topological polar surface area (TPSA) is 162 Å². The third-order valence-corrected chi connectivity index (χ3v) is 11.7. The smallest absolute Gasteiger partial charge is 0.425 e. The number of ether oxygens (including phenoxy) is 6. The van der Waals surface area contributed by atoms with Crippen LogP contribution >= 0.6 is 0 Å². The summed E-state index contributed by atoms with van der Waals surface area (Å²) in [5.74, 6) is -4.46. The molecule has 3 heterocycles. The number of esters is 1. The lowest BCUT2D eigenvalue weighted by molar-refractivity contribution is -0.295. The van der Waals surface area contributed by atoms with Crippen molar-refractivity contribution in [1.82, 2.24) is 15.3 Å². The summed E-state index contributed by atoms with van der Waals surface area (Å²) in [6.45, 7) is 14.0. The Morgan fingerprint density at radius 2 is 1.62 bits per heavy atom. The van der Waals surface area contributed by atoms with Gasteiger partial charge in [-0.1, -0.05) is 39.8 Å². The van der Waals surface area contributed by atoms with Gasteiger partial charge in [-0.15, -0.1) is 0 Å². The number of rotatable bonds is 9. The zero-order chi connectivity index (χ0) is 39.6. The fourth-order valence-corrected chi connectivity index (χ4v) is 8.45. The zero-order valence-electron chi connectivity index (χ0n) is 33.4. The Labute approximate surface area is 314 Å². The number of hydrazine groups is 1. The summed E-state index contributed by atoms with van der Waals surface area (Å²) >= 11 is 0. The normalized spacial score (nSPS) is 39.0. The van der Waals surface area contributed by atoms with Gasteiger partial charge in [-0.2, -0.15) is 0 Å². The zero-order valence-corrected chi connectivity index (χ0v) is 33.4. The van der Waals surface area contributed by atoms with Gasteiger partial charge in [-0.25, -0.2) is 15.2 Å². The minimum Gasteiger partial charge on any atom is -0.497 e. The van der Waals surface area contributed by atoms with Gasteiger partial charge in [0.25, 0.3) is 0 Å². The van der Waals surface area contributed by atoms with Crippen LogP contribution in [0.4, 0.5) is 4.79 Å². The summed E-state index contributed by atoms with van der Waals surface area (Å²) in [7, 11) is 6.79. The Balaban J connectivity index is 1.76. The number of nitrogens with one attached hydrogen (secondary N) is 1. The molecule has 0 aromatic heterocycles. The number of carbonyl (C=O) groups is 4. The van der Waals surface area contributed by atoms with E-state index in [4.69, 9.17) is 28.4 Å². The summed E-state index contributed by atoms with van der Waals surface area (Å²) in [4.78, 5) is 58.3. The van der Waals surface area contributed by atoms with Crippen LogP contribution in [0.1, 0.15) is 80.2 Å². The van der Waals surface area contributed by atoms with Crippen LogP contribution in [0.5, 0.6) is 5.75 Å². The first-order chi connectivity index (χ1) is 24.8. The maximum atomic E-state index is 14.6. The van der Waals surface area contributed by atoms with E-state index in [0.717, 1.165) is 5.56 Å². The number of cyclic esters (lactones) is 1. The number of hydrogen-bond acceptors (Lipinski definition) is 13. The number of hydrogen-bond donors (Lipinski definition) is 2. The van der Waals surface area contributed by atoms with Crippen LogP contribution in [0.15, 0.2) is 24.3 Å². The van der Waals surface area contributed by atoms with Crippen molar-refractivity contribution in [3.05, 3.63) is 29.8 Å². The molecule has 0 spiro atoms. The Hall–Kier alpha value is -3.14. The summed E-state index contributed by atoms with van der Waals surface area (Å²) < 4.78 is 36.2. The van der Waals surface area contributed by atoms with Crippen LogP contribution in [0.3, 0.4) is 0 Å². The number of benzene rings is 1. The van der Waals surface area contributed by atoms with Gasteiger partial charge in [0.2, 0.25) is 0 Å². The van der Waals surface area contributed by atoms with E-state index in [9.17, 15) is 24.3 Å². The Morgan fingerprint density at radius 1 is 0.981 bits per heavy atom. The Morgan fingerprint density at radius 3 is 2.19 bits per heavy atom. The van der Waals surface area contributed by atoms with Crippen LogP contribution in [0.2, 0.25) is 0 Å². The molecular formula is C39H61N3O11. The van der Waals surface area contributed by atoms with Crippen LogP contribution in [0.25, 0.3) is 0 Å². The number of aliphatic hydroxyl groups excluding tert-OH is 1. The lowest BCUT2D eigenvalue weighted by Gasteiger charge is -2.47. The number of Topliss-reactive ketones (excluding diaryl/α,β-unsaturated/α-hetero) is 2. The van der Waals surface area contributed by atoms with Gasteiger partial charge in [0, 0.05) is 37.5 Å². The molecule has 0 bridgehead atoms. The molecule has 298 valence electrons. The van der Waals surface area contributed by atoms with Crippen molar-refractivity contribution >= 4 is 23.6 Å². The van der Waals surface area contributed by atoms with Gasteiger partial charge in [-0.05, 0) is 78.7 Å². The molecule has 3 saturated heterocycles. The number of nitrogens with zero attached hydrogens (tertiary/aromatic N) is 2. The highest BCUT2D eigenvalue weighted by Crippen LogP contribution is 2.42. The second-order valence-corrected chi connectivity index (χ2v) is 15.7. The summed E-state index contributed by atoms with van der Waals surface area (Å²) in [6, 6.07) is 6.13. The molecule has 1 unspecified atom stereocenters. The van der Waals surface area contributed by atoms with Crippen LogP contribution < -0.4 is 10.2 Å².